The SMILES string of the molecule is CC(NC(=O)COCC1CCCO1)c1cccc(-n2ccnc2)c1. The molecule has 1 N–H and O–H groups in total. The van der Waals surface area contributed by atoms with Gasteiger partial charge in [-0.3, -0.25) is 4.79 Å². The Hall–Kier alpha value is -2.18. The third-order valence-corrected chi connectivity index (χ3v) is 4.11. The van der Waals surface area contributed by atoms with E-state index in [1.807, 2.05) is 42.0 Å². The highest BCUT2D eigenvalue weighted by atomic mass is 16.5. The van der Waals surface area contributed by atoms with E-state index in [4.69, 9.17) is 9.47 Å². The molecule has 0 aliphatic carbocycles. The standard InChI is InChI=1S/C18H23N3O3/c1-14(20-18(22)12-23-11-17-6-3-9-24-17)15-4-2-5-16(10-15)21-8-7-19-13-21/h2,4-5,7-8,10,13-14,17H,3,6,9,11-12H2,1H3,(H,20,22). The highest BCUT2D eigenvalue weighted by Crippen LogP contribution is 2.17. The molecule has 1 aliphatic rings. The molecular weight excluding hydrogens is 306 g/mol. The van der Waals surface area contributed by atoms with E-state index in [1.54, 1.807) is 12.5 Å². The van der Waals surface area contributed by atoms with Crippen LogP contribution in [0.25, 0.3) is 5.69 Å². The van der Waals surface area contributed by atoms with Crippen LogP contribution in [-0.4, -0.2) is 41.4 Å². The Morgan fingerprint density at radius 3 is 3.21 bits per heavy atom. The topological polar surface area (TPSA) is 65.4 Å². The van der Waals surface area contributed by atoms with Gasteiger partial charge in [-0.2, -0.15) is 0 Å². The summed E-state index contributed by atoms with van der Waals surface area (Å²) in [6.07, 6.45) is 7.61. The molecule has 0 spiro atoms. The summed E-state index contributed by atoms with van der Waals surface area (Å²) in [6.45, 7) is 3.30. The van der Waals surface area contributed by atoms with Crippen LogP contribution in [0.15, 0.2) is 43.0 Å². The fourth-order valence-electron chi connectivity index (χ4n) is 2.79. The number of nitrogens with one attached hydrogen (secondary N) is 1. The summed E-state index contributed by atoms with van der Waals surface area (Å²) in [4.78, 5) is 16.1. The van der Waals surface area contributed by atoms with Crippen LogP contribution in [0.1, 0.15) is 31.4 Å². The van der Waals surface area contributed by atoms with Crippen molar-refractivity contribution in [2.75, 3.05) is 19.8 Å². The van der Waals surface area contributed by atoms with Crippen molar-refractivity contribution in [3.8, 4) is 5.69 Å². The normalized spacial score (nSPS) is 18.5. The molecule has 2 atom stereocenters. The predicted molar refractivity (Wildman–Crippen MR) is 89.9 cm³/mol. The molecule has 2 unspecified atom stereocenters. The van der Waals surface area contributed by atoms with Crippen molar-refractivity contribution >= 4 is 5.91 Å². The second-order valence-corrected chi connectivity index (χ2v) is 6.00. The number of aromatic nitrogens is 2. The number of hydrogen-bond acceptors (Lipinski definition) is 4. The van der Waals surface area contributed by atoms with Crippen LogP contribution in [0.4, 0.5) is 0 Å². The summed E-state index contributed by atoms with van der Waals surface area (Å²) in [7, 11) is 0. The maximum absolute atomic E-state index is 12.0. The number of rotatable bonds is 7. The Balaban J connectivity index is 1.49. The number of carbonyl (C=O) groups is 1. The second kappa shape index (κ2) is 8.08. The van der Waals surface area contributed by atoms with Crippen molar-refractivity contribution in [1.29, 1.82) is 0 Å². The number of benzene rings is 1. The maximum Gasteiger partial charge on any atom is 0.246 e. The molecular formula is C18H23N3O3. The van der Waals surface area contributed by atoms with Crippen LogP contribution in [0, 0.1) is 0 Å². The van der Waals surface area contributed by atoms with Gasteiger partial charge in [-0.05, 0) is 37.5 Å². The lowest BCUT2D eigenvalue weighted by molar-refractivity contribution is -0.127. The molecule has 2 heterocycles. The molecule has 0 radical (unpaired) electrons. The average Bonchev–Trinajstić information content (AvgIpc) is 3.29. The monoisotopic (exact) mass is 329 g/mol. The minimum atomic E-state index is -0.117. The van der Waals surface area contributed by atoms with Crippen LogP contribution >= 0.6 is 0 Å². The first kappa shape index (κ1) is 16.7. The summed E-state index contributed by atoms with van der Waals surface area (Å²) in [5.74, 6) is -0.117. The van der Waals surface area contributed by atoms with E-state index in [2.05, 4.69) is 10.3 Å². The predicted octanol–water partition coefficient (Wildman–Crippen LogP) is 2.25. The molecule has 2 aromatic rings. The fourth-order valence-corrected chi connectivity index (χ4v) is 2.79. The lowest BCUT2D eigenvalue weighted by Gasteiger charge is -2.16. The smallest absolute Gasteiger partial charge is 0.246 e. The third-order valence-electron chi connectivity index (χ3n) is 4.11. The Kier molecular flexibility index (Phi) is 5.61. The van der Waals surface area contributed by atoms with Gasteiger partial charge in [0.2, 0.25) is 5.91 Å². The average molecular weight is 329 g/mol. The number of ether oxygens (including phenoxy) is 2. The van der Waals surface area contributed by atoms with Crippen LogP contribution in [0.2, 0.25) is 0 Å². The van der Waals surface area contributed by atoms with E-state index >= 15 is 0 Å². The number of carbonyl (C=O) groups excluding carboxylic acids is 1. The summed E-state index contributed by atoms with van der Waals surface area (Å²) in [5, 5.41) is 2.96. The van der Waals surface area contributed by atoms with Gasteiger partial charge in [-0.1, -0.05) is 12.1 Å². The van der Waals surface area contributed by atoms with Gasteiger partial charge >= 0.3 is 0 Å². The number of hydrogen-bond donors (Lipinski definition) is 1. The molecule has 1 aliphatic heterocycles. The second-order valence-electron chi connectivity index (χ2n) is 6.00. The van der Waals surface area contributed by atoms with E-state index in [0.717, 1.165) is 30.7 Å². The van der Waals surface area contributed by atoms with Crippen molar-refractivity contribution in [2.45, 2.75) is 31.9 Å². The van der Waals surface area contributed by atoms with Gasteiger partial charge in [0.25, 0.3) is 0 Å². The molecule has 6 heteroatoms. The highest BCUT2D eigenvalue weighted by Gasteiger charge is 2.16. The van der Waals surface area contributed by atoms with Gasteiger partial charge in [-0.25, -0.2) is 4.98 Å². The molecule has 24 heavy (non-hydrogen) atoms. The molecule has 1 saturated heterocycles. The van der Waals surface area contributed by atoms with Gasteiger partial charge in [0.05, 0.1) is 25.1 Å². The van der Waals surface area contributed by atoms with Crippen molar-refractivity contribution in [3.63, 3.8) is 0 Å². The van der Waals surface area contributed by atoms with Crippen molar-refractivity contribution in [1.82, 2.24) is 14.9 Å². The summed E-state index contributed by atoms with van der Waals surface area (Å²) in [5.41, 5.74) is 2.05. The lowest BCUT2D eigenvalue weighted by atomic mass is 10.1. The number of nitrogens with zero attached hydrogens (tertiary/aromatic N) is 2. The zero-order chi connectivity index (χ0) is 16.8. The largest absolute Gasteiger partial charge is 0.376 e. The van der Waals surface area contributed by atoms with E-state index in [1.165, 1.54) is 0 Å². The fraction of sp³-hybridized carbons (Fsp3) is 0.444. The van der Waals surface area contributed by atoms with Crippen LogP contribution < -0.4 is 5.32 Å². The van der Waals surface area contributed by atoms with Crippen LogP contribution in [0.5, 0.6) is 0 Å². The van der Waals surface area contributed by atoms with Gasteiger partial charge in [-0.15, -0.1) is 0 Å². The van der Waals surface area contributed by atoms with E-state index in [0.29, 0.717) is 6.61 Å². The van der Waals surface area contributed by atoms with Crippen molar-refractivity contribution < 1.29 is 14.3 Å². The Morgan fingerprint density at radius 2 is 2.46 bits per heavy atom. The Bertz CT molecular complexity index is 651. The molecule has 0 bridgehead atoms. The highest BCUT2D eigenvalue weighted by molar-refractivity contribution is 5.77. The quantitative estimate of drug-likeness (QED) is 0.846. The molecule has 0 saturated carbocycles. The van der Waals surface area contributed by atoms with Gasteiger partial charge in [0, 0.05) is 24.7 Å². The molecule has 1 aromatic carbocycles. The van der Waals surface area contributed by atoms with Crippen molar-refractivity contribution in [3.05, 3.63) is 48.5 Å². The first-order valence-corrected chi connectivity index (χ1v) is 8.29. The van der Waals surface area contributed by atoms with Gasteiger partial charge in [0.1, 0.15) is 6.61 Å². The van der Waals surface area contributed by atoms with E-state index in [9.17, 15) is 4.79 Å². The van der Waals surface area contributed by atoms with Crippen molar-refractivity contribution in [2.24, 2.45) is 0 Å². The number of amides is 1. The first-order valence-electron chi connectivity index (χ1n) is 8.29. The number of imidazole rings is 1. The summed E-state index contributed by atoms with van der Waals surface area (Å²) in [6, 6.07) is 7.93. The molecule has 1 amide bonds. The van der Waals surface area contributed by atoms with E-state index < -0.39 is 0 Å². The molecule has 3 rings (SSSR count). The summed E-state index contributed by atoms with van der Waals surface area (Å²) >= 11 is 0. The minimum absolute atomic E-state index is 0.0609. The minimum Gasteiger partial charge on any atom is -0.376 e. The van der Waals surface area contributed by atoms with Gasteiger partial charge < -0.3 is 19.4 Å². The molecule has 6 nitrogen and oxygen atoms in total. The zero-order valence-electron chi connectivity index (χ0n) is 13.9. The Labute approximate surface area is 141 Å². The maximum atomic E-state index is 12.0. The molecule has 1 fully saturated rings. The van der Waals surface area contributed by atoms with E-state index in [-0.39, 0.29) is 24.7 Å². The Morgan fingerprint density at radius 1 is 1.54 bits per heavy atom. The third kappa shape index (κ3) is 4.43. The first-order chi connectivity index (χ1) is 11.7. The molecule has 1 aromatic heterocycles. The zero-order valence-corrected chi connectivity index (χ0v) is 13.9. The summed E-state index contributed by atoms with van der Waals surface area (Å²) < 4.78 is 12.9. The van der Waals surface area contributed by atoms with Gasteiger partial charge in [0.15, 0.2) is 0 Å². The van der Waals surface area contributed by atoms with Crippen LogP contribution in [0.3, 0.4) is 0 Å². The van der Waals surface area contributed by atoms with Crippen LogP contribution in [-0.2, 0) is 14.3 Å². The molecule has 128 valence electrons. The lowest BCUT2D eigenvalue weighted by Crippen LogP contribution is -2.31.